The zero-order valence-electron chi connectivity index (χ0n) is 15.2. The fraction of sp³-hybridized carbons (Fsp3) is 0.333. The van der Waals surface area contributed by atoms with Crippen LogP contribution in [0.2, 0.25) is 0 Å². The van der Waals surface area contributed by atoms with Crippen molar-refractivity contribution in [2.75, 3.05) is 13.6 Å². The molecule has 0 spiro atoms. The second kappa shape index (κ2) is 10.1. The number of phenols is 1. The van der Waals surface area contributed by atoms with Gasteiger partial charge in [-0.15, -0.1) is 0 Å². The van der Waals surface area contributed by atoms with Gasteiger partial charge < -0.3 is 10.0 Å². The van der Waals surface area contributed by atoms with Gasteiger partial charge in [-0.3, -0.25) is 0 Å². The minimum absolute atomic E-state index is 0.316. The molecule has 1 aromatic carbocycles. The first-order chi connectivity index (χ1) is 11.3. The maximum absolute atomic E-state index is 9.31. The van der Waals surface area contributed by atoms with Gasteiger partial charge in [-0.05, 0) is 73.4 Å². The number of nitrogens with zero attached hydrogens (tertiary/aromatic N) is 1. The third kappa shape index (κ3) is 6.71. The molecule has 2 nitrogen and oxygen atoms in total. The molecular formula is C21H29NOS. The Bertz CT molecular complexity index is 638. The van der Waals surface area contributed by atoms with Crippen LogP contribution in [0.5, 0.6) is 5.75 Å². The second-order valence-corrected chi connectivity index (χ2v) is 6.45. The van der Waals surface area contributed by atoms with Crippen LogP contribution >= 0.6 is 12.6 Å². The second-order valence-electron chi connectivity index (χ2n) is 6.15. The number of hydrogen-bond acceptors (Lipinski definition) is 3. The van der Waals surface area contributed by atoms with Crippen molar-refractivity contribution in [3.63, 3.8) is 0 Å². The van der Waals surface area contributed by atoms with Crippen LogP contribution in [-0.2, 0) is 6.42 Å². The molecule has 0 fully saturated rings. The molecule has 1 N–H and O–H groups in total. The highest BCUT2D eigenvalue weighted by Crippen LogP contribution is 2.17. The number of hydrogen-bond donors (Lipinski definition) is 2. The Hall–Kier alpha value is -1.87. The quantitative estimate of drug-likeness (QED) is 0.481. The van der Waals surface area contributed by atoms with Crippen LogP contribution in [0.15, 0.2) is 70.8 Å². The van der Waals surface area contributed by atoms with E-state index in [1.54, 1.807) is 17.5 Å². The fourth-order valence-corrected chi connectivity index (χ4v) is 2.61. The highest BCUT2D eigenvalue weighted by Gasteiger charge is 2.05. The smallest absolute Gasteiger partial charge is 0.115 e. The lowest BCUT2D eigenvalue weighted by atomic mass is 10.1. The Morgan fingerprint density at radius 2 is 1.79 bits per heavy atom. The number of rotatable bonds is 8. The lowest BCUT2D eigenvalue weighted by Crippen LogP contribution is -2.19. The van der Waals surface area contributed by atoms with Crippen molar-refractivity contribution in [2.24, 2.45) is 0 Å². The summed E-state index contributed by atoms with van der Waals surface area (Å²) in [4.78, 5) is 2.20. The predicted octanol–water partition coefficient (Wildman–Crippen LogP) is 5.50. The van der Waals surface area contributed by atoms with Crippen molar-refractivity contribution < 1.29 is 5.11 Å². The van der Waals surface area contributed by atoms with Gasteiger partial charge in [0.2, 0.25) is 0 Å². The van der Waals surface area contributed by atoms with Crippen molar-refractivity contribution in [3.05, 3.63) is 76.4 Å². The SMILES string of the molecule is C=C(/C(C)=C/C(C)=C(C)/C=C\S)N(C)CCCc1ccc(O)cc1. The molecule has 0 saturated carbocycles. The van der Waals surface area contributed by atoms with Gasteiger partial charge in [-0.25, -0.2) is 0 Å². The first-order valence-electron chi connectivity index (χ1n) is 8.20. The van der Waals surface area contributed by atoms with E-state index in [0.717, 1.165) is 25.1 Å². The molecule has 0 atom stereocenters. The van der Waals surface area contributed by atoms with Gasteiger partial charge in [-0.1, -0.05) is 30.9 Å². The lowest BCUT2D eigenvalue weighted by molar-refractivity contribution is 0.416. The Balaban J connectivity index is 2.57. The molecule has 0 aliphatic carbocycles. The van der Waals surface area contributed by atoms with Gasteiger partial charge in [0.05, 0.1) is 0 Å². The molecule has 1 rings (SSSR count). The zero-order valence-corrected chi connectivity index (χ0v) is 16.1. The fourth-order valence-electron chi connectivity index (χ4n) is 2.38. The molecule has 130 valence electrons. The highest BCUT2D eigenvalue weighted by atomic mass is 32.1. The zero-order chi connectivity index (χ0) is 18.1. The van der Waals surface area contributed by atoms with E-state index in [4.69, 9.17) is 0 Å². The molecule has 0 heterocycles. The first kappa shape index (κ1) is 20.2. The molecule has 3 heteroatoms. The molecule has 0 radical (unpaired) electrons. The molecule has 0 unspecified atom stereocenters. The number of likely N-dealkylation sites (N-methyl/N-ethyl adjacent to an activating group) is 1. The van der Waals surface area contributed by atoms with Gasteiger partial charge in [-0.2, -0.15) is 12.6 Å². The van der Waals surface area contributed by atoms with E-state index in [9.17, 15) is 5.11 Å². The van der Waals surface area contributed by atoms with E-state index in [1.165, 1.54) is 22.3 Å². The minimum atomic E-state index is 0.316. The van der Waals surface area contributed by atoms with Crippen molar-refractivity contribution >= 4 is 12.6 Å². The number of thiol groups is 1. The summed E-state index contributed by atoms with van der Waals surface area (Å²) in [6.07, 6.45) is 6.20. The molecular weight excluding hydrogens is 314 g/mol. The largest absolute Gasteiger partial charge is 0.508 e. The van der Waals surface area contributed by atoms with Gasteiger partial charge in [0.1, 0.15) is 5.75 Å². The van der Waals surface area contributed by atoms with Crippen LogP contribution in [0.25, 0.3) is 0 Å². The molecule has 0 bridgehead atoms. The van der Waals surface area contributed by atoms with Crippen LogP contribution in [0.4, 0.5) is 0 Å². The standard InChI is InChI=1S/C21H29NOS/c1-16(12-14-24)17(2)15-18(3)19(4)22(5)13-6-7-20-8-10-21(23)11-9-20/h8-12,14-15,23-24H,4,6-7,13H2,1-3,5H3/b14-12-,17-16+,18-15+. The summed E-state index contributed by atoms with van der Waals surface area (Å²) < 4.78 is 0. The minimum Gasteiger partial charge on any atom is -0.508 e. The lowest BCUT2D eigenvalue weighted by Gasteiger charge is -2.22. The number of benzene rings is 1. The third-order valence-electron chi connectivity index (χ3n) is 4.19. The van der Waals surface area contributed by atoms with Crippen LogP contribution in [0.3, 0.4) is 0 Å². The Morgan fingerprint density at radius 1 is 1.17 bits per heavy atom. The van der Waals surface area contributed by atoms with Gasteiger partial charge in [0, 0.05) is 19.3 Å². The monoisotopic (exact) mass is 343 g/mol. The summed E-state index contributed by atoms with van der Waals surface area (Å²) in [6, 6.07) is 7.42. The van der Waals surface area contributed by atoms with Crippen molar-refractivity contribution in [1.82, 2.24) is 4.90 Å². The van der Waals surface area contributed by atoms with E-state index in [2.05, 4.69) is 58.0 Å². The normalized spacial score (nSPS) is 13.1. The number of allylic oxidation sites excluding steroid dienone is 5. The van der Waals surface area contributed by atoms with Crippen LogP contribution in [0.1, 0.15) is 32.8 Å². The average Bonchev–Trinajstić information content (AvgIpc) is 2.55. The van der Waals surface area contributed by atoms with Crippen molar-refractivity contribution in [2.45, 2.75) is 33.6 Å². The maximum atomic E-state index is 9.31. The molecule has 24 heavy (non-hydrogen) atoms. The summed E-state index contributed by atoms with van der Waals surface area (Å²) in [5.74, 6) is 0.316. The molecule has 0 amide bonds. The van der Waals surface area contributed by atoms with Crippen LogP contribution < -0.4 is 0 Å². The summed E-state index contributed by atoms with van der Waals surface area (Å²) >= 11 is 4.12. The molecule has 0 saturated heterocycles. The number of aryl methyl sites for hydroxylation is 1. The van der Waals surface area contributed by atoms with Gasteiger partial charge in [0.25, 0.3) is 0 Å². The van der Waals surface area contributed by atoms with Crippen molar-refractivity contribution in [1.29, 1.82) is 0 Å². The first-order valence-corrected chi connectivity index (χ1v) is 8.71. The molecule has 0 aliphatic rings. The van der Waals surface area contributed by atoms with E-state index in [1.807, 2.05) is 18.2 Å². The van der Waals surface area contributed by atoms with Gasteiger partial charge >= 0.3 is 0 Å². The molecule has 0 aromatic heterocycles. The highest BCUT2D eigenvalue weighted by molar-refractivity contribution is 7.83. The van der Waals surface area contributed by atoms with E-state index in [0.29, 0.717) is 5.75 Å². The number of aromatic hydroxyl groups is 1. The van der Waals surface area contributed by atoms with E-state index in [-0.39, 0.29) is 0 Å². The third-order valence-corrected chi connectivity index (χ3v) is 4.34. The van der Waals surface area contributed by atoms with E-state index >= 15 is 0 Å². The number of phenolic OH excluding ortho intramolecular Hbond substituents is 1. The van der Waals surface area contributed by atoms with Crippen LogP contribution in [-0.4, -0.2) is 23.6 Å². The molecule has 1 aromatic rings. The Morgan fingerprint density at radius 3 is 2.38 bits per heavy atom. The van der Waals surface area contributed by atoms with Crippen molar-refractivity contribution in [3.8, 4) is 5.75 Å². The summed E-state index contributed by atoms with van der Waals surface area (Å²) in [5, 5.41) is 11.1. The summed E-state index contributed by atoms with van der Waals surface area (Å²) in [6.45, 7) is 11.4. The van der Waals surface area contributed by atoms with Gasteiger partial charge in [0.15, 0.2) is 0 Å². The topological polar surface area (TPSA) is 23.5 Å². The summed E-state index contributed by atoms with van der Waals surface area (Å²) in [7, 11) is 2.08. The summed E-state index contributed by atoms with van der Waals surface area (Å²) in [5.41, 5.74) is 5.88. The molecule has 0 aliphatic heterocycles. The average molecular weight is 344 g/mol. The van der Waals surface area contributed by atoms with E-state index < -0.39 is 0 Å². The Labute approximate surface area is 152 Å². The van der Waals surface area contributed by atoms with Crippen LogP contribution in [0, 0.1) is 0 Å². The predicted molar refractivity (Wildman–Crippen MR) is 108 cm³/mol. The Kier molecular flexibility index (Phi) is 8.48. The maximum Gasteiger partial charge on any atom is 0.115 e.